The quantitative estimate of drug-likeness (QED) is 0.672. The summed E-state index contributed by atoms with van der Waals surface area (Å²) in [5.74, 6) is -0.891. The molecule has 1 atom stereocenters. The zero-order valence-electron chi connectivity index (χ0n) is 9.06. The predicted octanol–water partition coefficient (Wildman–Crippen LogP) is 1.43. The molecule has 0 radical (unpaired) electrons. The highest BCUT2D eigenvalue weighted by atomic mass is 16.7. The van der Waals surface area contributed by atoms with E-state index in [0.717, 1.165) is 0 Å². The van der Waals surface area contributed by atoms with Crippen LogP contribution in [0.1, 0.15) is 6.92 Å². The van der Waals surface area contributed by atoms with Crippen LogP contribution in [0, 0.1) is 0 Å². The first kappa shape index (κ1) is 11.2. The summed E-state index contributed by atoms with van der Waals surface area (Å²) < 4.78 is 17.9. The number of ether oxygens (including phenoxy) is 3. The van der Waals surface area contributed by atoms with Crippen LogP contribution in [0.4, 0.5) is 0 Å². The van der Waals surface area contributed by atoms with Crippen LogP contribution in [0.5, 0.6) is 0 Å². The molecule has 80 valence electrons. The molecule has 0 N–H and O–H groups in total. The normalized spacial score (nSPS) is 14.3. The van der Waals surface area contributed by atoms with Gasteiger partial charge in [-0.1, -0.05) is 0 Å². The van der Waals surface area contributed by atoms with E-state index >= 15 is 0 Å². The molecule has 1 aromatic heterocycles. The number of hydrogen-bond acceptors (Lipinski definition) is 3. The lowest BCUT2D eigenvalue weighted by Gasteiger charge is -2.36. The van der Waals surface area contributed by atoms with Gasteiger partial charge in [-0.25, -0.2) is 0 Å². The Bertz CT molecular complexity index is 254. The van der Waals surface area contributed by atoms with Crippen LogP contribution in [0.2, 0.25) is 0 Å². The van der Waals surface area contributed by atoms with Gasteiger partial charge in [0.25, 0.3) is 5.91 Å². The minimum absolute atomic E-state index is 0.204. The van der Waals surface area contributed by atoms with Gasteiger partial charge in [0, 0.05) is 33.7 Å². The van der Waals surface area contributed by atoms with Gasteiger partial charge in [-0.15, -0.1) is 0 Å². The number of nitrogens with zero attached hydrogens (tertiary/aromatic N) is 1. The van der Waals surface area contributed by atoms with E-state index in [2.05, 4.69) is 0 Å². The molecule has 4 nitrogen and oxygen atoms in total. The molecule has 0 aliphatic carbocycles. The Balaban J connectivity index is 3.03. The van der Waals surface area contributed by atoms with Crippen molar-refractivity contribution in [3.63, 3.8) is 0 Å². The van der Waals surface area contributed by atoms with E-state index in [1.165, 1.54) is 0 Å². The largest absolute Gasteiger partial charge is 0.374 e. The number of hydrogen-bond donors (Lipinski definition) is 0. The molecule has 0 saturated heterocycles. The Hall–Kier alpha value is -0.840. The van der Waals surface area contributed by atoms with E-state index < -0.39 is 5.91 Å². The maximum absolute atomic E-state index is 5.40. The van der Waals surface area contributed by atoms with E-state index in [0.29, 0.717) is 0 Å². The molecule has 0 aliphatic rings. The molecule has 0 aromatic carbocycles. The molecule has 0 spiro atoms. The maximum atomic E-state index is 5.40. The van der Waals surface area contributed by atoms with Crippen LogP contribution in [0.25, 0.3) is 0 Å². The Morgan fingerprint density at radius 3 is 1.93 bits per heavy atom. The molecule has 1 aromatic rings. The number of methoxy groups -OCH3 is 3. The lowest BCUT2D eigenvalue weighted by Crippen LogP contribution is -2.47. The van der Waals surface area contributed by atoms with Crippen LogP contribution in [0.15, 0.2) is 24.5 Å². The fraction of sp³-hybridized carbons (Fsp3) is 0.600. The summed E-state index contributed by atoms with van der Waals surface area (Å²) in [6, 6.07) is 3.82. The summed E-state index contributed by atoms with van der Waals surface area (Å²) in [7, 11) is 4.82. The molecular formula is C10H17NO3. The third-order valence-electron chi connectivity index (χ3n) is 2.42. The Morgan fingerprint density at radius 1 is 1.07 bits per heavy atom. The van der Waals surface area contributed by atoms with E-state index in [-0.39, 0.29) is 6.10 Å². The van der Waals surface area contributed by atoms with Crippen molar-refractivity contribution >= 4 is 0 Å². The smallest absolute Gasteiger partial charge is 0.282 e. The molecule has 1 unspecified atom stereocenters. The van der Waals surface area contributed by atoms with E-state index in [9.17, 15) is 0 Å². The fourth-order valence-electron chi connectivity index (χ4n) is 1.53. The van der Waals surface area contributed by atoms with Crippen LogP contribution in [-0.4, -0.2) is 32.0 Å². The second-order valence-electron chi connectivity index (χ2n) is 3.01. The summed E-state index contributed by atoms with van der Waals surface area (Å²) >= 11 is 0. The first-order chi connectivity index (χ1) is 6.71. The molecule has 1 rings (SSSR count). The van der Waals surface area contributed by atoms with Gasteiger partial charge in [0.2, 0.25) is 0 Å². The first-order valence-electron chi connectivity index (χ1n) is 4.47. The highest BCUT2D eigenvalue weighted by molar-refractivity contribution is 4.95. The molecule has 4 heteroatoms. The predicted molar refractivity (Wildman–Crippen MR) is 52.9 cm³/mol. The molecule has 0 saturated carbocycles. The lowest BCUT2D eigenvalue weighted by atomic mass is 10.3. The Kier molecular flexibility index (Phi) is 3.69. The summed E-state index contributed by atoms with van der Waals surface area (Å²) in [5, 5.41) is 0. The van der Waals surface area contributed by atoms with Crippen molar-refractivity contribution in [2.75, 3.05) is 21.3 Å². The Morgan fingerprint density at radius 2 is 1.57 bits per heavy atom. The Labute approximate surface area is 84.4 Å². The van der Waals surface area contributed by atoms with Gasteiger partial charge in [0.1, 0.15) is 6.10 Å². The monoisotopic (exact) mass is 199 g/mol. The molecule has 0 amide bonds. The van der Waals surface area contributed by atoms with Crippen molar-refractivity contribution in [2.24, 2.45) is 0 Å². The SMILES string of the molecule is COC(C)C(OC)(OC)n1cccc1. The molecule has 0 bridgehead atoms. The summed E-state index contributed by atoms with van der Waals surface area (Å²) in [6.45, 7) is 1.90. The van der Waals surface area contributed by atoms with Crippen molar-refractivity contribution in [1.29, 1.82) is 0 Å². The zero-order chi connectivity index (χ0) is 10.6. The fourth-order valence-corrected chi connectivity index (χ4v) is 1.53. The highest BCUT2D eigenvalue weighted by Crippen LogP contribution is 2.25. The third-order valence-corrected chi connectivity index (χ3v) is 2.42. The van der Waals surface area contributed by atoms with Crippen molar-refractivity contribution in [3.8, 4) is 0 Å². The molecular weight excluding hydrogens is 182 g/mol. The maximum Gasteiger partial charge on any atom is 0.282 e. The lowest BCUT2D eigenvalue weighted by molar-refractivity contribution is -0.316. The summed E-state index contributed by atoms with van der Waals surface area (Å²) in [4.78, 5) is 0. The molecule has 0 aliphatic heterocycles. The van der Waals surface area contributed by atoms with E-state index in [1.807, 2.05) is 36.0 Å². The van der Waals surface area contributed by atoms with Gasteiger partial charge < -0.3 is 18.8 Å². The van der Waals surface area contributed by atoms with Crippen molar-refractivity contribution in [3.05, 3.63) is 24.5 Å². The second-order valence-corrected chi connectivity index (χ2v) is 3.01. The van der Waals surface area contributed by atoms with Gasteiger partial charge >= 0.3 is 0 Å². The van der Waals surface area contributed by atoms with Crippen LogP contribution >= 0.6 is 0 Å². The van der Waals surface area contributed by atoms with Crippen molar-refractivity contribution < 1.29 is 14.2 Å². The topological polar surface area (TPSA) is 32.6 Å². The van der Waals surface area contributed by atoms with Gasteiger partial charge in [-0.05, 0) is 19.1 Å². The average molecular weight is 199 g/mol. The number of rotatable bonds is 5. The average Bonchev–Trinajstić information content (AvgIpc) is 2.74. The number of aromatic nitrogens is 1. The van der Waals surface area contributed by atoms with Crippen molar-refractivity contribution in [1.82, 2.24) is 4.57 Å². The minimum Gasteiger partial charge on any atom is -0.374 e. The van der Waals surface area contributed by atoms with Crippen LogP contribution in [0.3, 0.4) is 0 Å². The van der Waals surface area contributed by atoms with Crippen LogP contribution in [-0.2, 0) is 20.1 Å². The van der Waals surface area contributed by atoms with Gasteiger partial charge in [-0.2, -0.15) is 0 Å². The highest BCUT2D eigenvalue weighted by Gasteiger charge is 2.38. The van der Waals surface area contributed by atoms with Crippen LogP contribution < -0.4 is 0 Å². The molecule has 0 fully saturated rings. The van der Waals surface area contributed by atoms with E-state index in [4.69, 9.17) is 14.2 Å². The summed E-state index contributed by atoms with van der Waals surface area (Å²) in [6.07, 6.45) is 3.55. The standard InChI is InChI=1S/C10H17NO3/c1-9(12-2)10(13-3,14-4)11-7-5-6-8-11/h5-9H,1-4H3. The first-order valence-corrected chi connectivity index (χ1v) is 4.47. The van der Waals surface area contributed by atoms with Gasteiger partial charge in [0.15, 0.2) is 0 Å². The minimum atomic E-state index is -0.891. The zero-order valence-corrected chi connectivity index (χ0v) is 9.06. The summed E-state index contributed by atoms with van der Waals surface area (Å²) in [5.41, 5.74) is 0. The van der Waals surface area contributed by atoms with Gasteiger partial charge in [0.05, 0.1) is 0 Å². The third kappa shape index (κ3) is 1.68. The second kappa shape index (κ2) is 4.59. The molecule has 14 heavy (non-hydrogen) atoms. The molecule has 1 heterocycles. The van der Waals surface area contributed by atoms with Crippen molar-refractivity contribution in [2.45, 2.75) is 18.9 Å². The van der Waals surface area contributed by atoms with E-state index in [1.54, 1.807) is 21.3 Å². The van der Waals surface area contributed by atoms with Gasteiger partial charge in [-0.3, -0.25) is 0 Å².